The highest BCUT2D eigenvalue weighted by atomic mass is 35.5. The second kappa shape index (κ2) is 4.66. The van der Waals surface area contributed by atoms with Gasteiger partial charge in [0.05, 0.1) is 11.4 Å². The fraction of sp³-hybridized carbons (Fsp3) is 0.562. The van der Waals surface area contributed by atoms with Crippen LogP contribution in [0.3, 0.4) is 0 Å². The summed E-state index contributed by atoms with van der Waals surface area (Å²) in [5, 5.41) is 20.1. The van der Waals surface area contributed by atoms with Crippen LogP contribution in [0.5, 0.6) is 5.75 Å². The van der Waals surface area contributed by atoms with E-state index in [1.165, 1.54) is 5.56 Å². The number of benzene rings is 1. The van der Waals surface area contributed by atoms with E-state index >= 15 is 0 Å². The molecule has 4 heteroatoms. The Morgan fingerprint density at radius 2 is 1.85 bits per heavy atom. The molecule has 1 saturated carbocycles. The summed E-state index contributed by atoms with van der Waals surface area (Å²) >= 11 is 6.36. The second-order valence-corrected chi connectivity index (χ2v) is 6.56. The van der Waals surface area contributed by atoms with Gasteiger partial charge in [-0.05, 0) is 62.1 Å². The minimum atomic E-state index is -0.810. The molecule has 0 aromatic heterocycles. The lowest BCUT2D eigenvalue weighted by atomic mass is 9.80. The lowest BCUT2D eigenvalue weighted by Crippen LogP contribution is -2.18. The van der Waals surface area contributed by atoms with Gasteiger partial charge in [-0.25, -0.2) is 0 Å². The molecule has 108 valence electrons. The van der Waals surface area contributed by atoms with E-state index in [4.69, 9.17) is 16.7 Å². The van der Waals surface area contributed by atoms with Crippen molar-refractivity contribution in [2.75, 3.05) is 0 Å². The topological polar surface area (TPSA) is 57.5 Å². The molecule has 3 nitrogen and oxygen atoms in total. The van der Waals surface area contributed by atoms with Gasteiger partial charge in [0.25, 0.3) is 0 Å². The Morgan fingerprint density at radius 1 is 1.25 bits per heavy atom. The molecule has 0 amide bonds. The Morgan fingerprint density at radius 3 is 2.40 bits per heavy atom. The van der Waals surface area contributed by atoms with Crippen LogP contribution in [0.2, 0.25) is 5.02 Å². The maximum atomic E-state index is 11.1. The van der Waals surface area contributed by atoms with Gasteiger partial charge >= 0.3 is 5.97 Å². The number of hydrogen-bond acceptors (Lipinski definition) is 2. The zero-order valence-electron chi connectivity index (χ0n) is 11.6. The van der Waals surface area contributed by atoms with Gasteiger partial charge in [0.2, 0.25) is 0 Å². The van der Waals surface area contributed by atoms with Gasteiger partial charge in [-0.3, -0.25) is 4.79 Å². The molecular weight excluding hydrogens is 276 g/mol. The molecule has 0 atom stereocenters. The van der Waals surface area contributed by atoms with Crippen molar-refractivity contribution in [2.45, 2.75) is 57.3 Å². The number of hydrogen-bond donors (Lipinski definition) is 2. The van der Waals surface area contributed by atoms with Gasteiger partial charge in [-0.1, -0.05) is 11.6 Å². The molecule has 20 heavy (non-hydrogen) atoms. The molecule has 2 aliphatic carbocycles. The van der Waals surface area contributed by atoms with Crippen LogP contribution < -0.4 is 0 Å². The van der Waals surface area contributed by atoms with Crippen LogP contribution in [-0.2, 0) is 23.1 Å². The Balaban J connectivity index is 2.17. The summed E-state index contributed by atoms with van der Waals surface area (Å²) in [5.41, 5.74) is 3.79. The van der Waals surface area contributed by atoms with Crippen LogP contribution in [0.4, 0.5) is 0 Å². The first-order valence-electron chi connectivity index (χ1n) is 7.21. The average molecular weight is 295 g/mol. The van der Waals surface area contributed by atoms with Crippen molar-refractivity contribution in [3.8, 4) is 5.75 Å². The van der Waals surface area contributed by atoms with Gasteiger partial charge < -0.3 is 10.2 Å². The maximum Gasteiger partial charge on any atom is 0.304 e. The first-order valence-corrected chi connectivity index (χ1v) is 7.59. The zero-order chi connectivity index (χ0) is 14.5. The molecule has 0 heterocycles. The smallest absolute Gasteiger partial charge is 0.304 e. The van der Waals surface area contributed by atoms with Crippen LogP contribution in [0, 0.1) is 6.92 Å². The number of phenols is 1. The number of phenolic OH excluding ortho intramolecular Hbond substituents is 1. The summed E-state index contributed by atoms with van der Waals surface area (Å²) in [6.45, 7) is 2.01. The van der Waals surface area contributed by atoms with Crippen LogP contribution in [0.15, 0.2) is 0 Å². The molecule has 3 rings (SSSR count). The molecule has 0 unspecified atom stereocenters. The fourth-order valence-corrected chi connectivity index (χ4v) is 4.05. The number of halogens is 1. The third-order valence-corrected chi connectivity index (χ3v) is 5.29. The molecule has 1 fully saturated rings. The molecule has 2 N–H and O–H groups in total. The Labute approximate surface area is 123 Å². The lowest BCUT2D eigenvalue weighted by Gasteiger charge is -2.27. The molecule has 1 aromatic carbocycles. The van der Waals surface area contributed by atoms with Crippen LogP contribution in [-0.4, -0.2) is 16.2 Å². The molecule has 0 spiro atoms. The number of aliphatic carboxylic acids is 1. The first-order chi connectivity index (χ1) is 9.46. The van der Waals surface area contributed by atoms with Crippen molar-refractivity contribution in [3.63, 3.8) is 0 Å². The molecule has 0 bridgehead atoms. The van der Waals surface area contributed by atoms with Crippen LogP contribution >= 0.6 is 11.6 Å². The van der Waals surface area contributed by atoms with Crippen molar-refractivity contribution < 1.29 is 15.0 Å². The Bertz CT molecular complexity index is 588. The van der Waals surface area contributed by atoms with Crippen molar-refractivity contribution >= 4 is 17.6 Å². The quantitative estimate of drug-likeness (QED) is 0.893. The van der Waals surface area contributed by atoms with E-state index in [1.807, 2.05) is 6.92 Å². The zero-order valence-corrected chi connectivity index (χ0v) is 12.4. The van der Waals surface area contributed by atoms with Crippen molar-refractivity contribution in [2.24, 2.45) is 0 Å². The molecule has 1 aromatic rings. The summed E-state index contributed by atoms with van der Waals surface area (Å²) in [4.78, 5) is 11.1. The number of rotatable bonds is 3. The van der Waals surface area contributed by atoms with E-state index in [2.05, 4.69) is 0 Å². The van der Waals surface area contributed by atoms with Crippen molar-refractivity contribution in [1.82, 2.24) is 0 Å². The summed E-state index contributed by atoms with van der Waals surface area (Å²) in [6, 6.07) is 0. The Hall–Kier alpha value is -1.22. The minimum Gasteiger partial charge on any atom is -0.506 e. The monoisotopic (exact) mass is 294 g/mol. The van der Waals surface area contributed by atoms with Gasteiger partial charge in [0.1, 0.15) is 5.75 Å². The van der Waals surface area contributed by atoms with Crippen molar-refractivity contribution in [1.29, 1.82) is 0 Å². The predicted octanol–water partition coefficient (Wildman–Crippen LogP) is 3.74. The Kier molecular flexibility index (Phi) is 3.20. The third kappa shape index (κ3) is 1.99. The molecule has 0 aliphatic heterocycles. The van der Waals surface area contributed by atoms with Gasteiger partial charge in [0, 0.05) is 11.0 Å². The molecule has 0 saturated heterocycles. The predicted molar refractivity (Wildman–Crippen MR) is 77.7 cm³/mol. The summed E-state index contributed by atoms with van der Waals surface area (Å²) in [6.07, 6.45) is 5.86. The van der Waals surface area contributed by atoms with E-state index in [1.54, 1.807) is 0 Å². The third-order valence-electron chi connectivity index (χ3n) is 4.88. The molecular formula is C16H19ClO3. The summed E-state index contributed by atoms with van der Waals surface area (Å²) in [5.74, 6) is -0.682. The van der Waals surface area contributed by atoms with E-state index in [9.17, 15) is 9.90 Å². The highest BCUT2D eigenvalue weighted by Gasteiger charge is 2.49. The van der Waals surface area contributed by atoms with E-state index in [0.29, 0.717) is 5.02 Å². The summed E-state index contributed by atoms with van der Waals surface area (Å²) in [7, 11) is 0. The van der Waals surface area contributed by atoms with E-state index in [0.717, 1.165) is 55.2 Å². The largest absolute Gasteiger partial charge is 0.506 e. The normalized spacial score (nSPS) is 19.5. The average Bonchev–Trinajstić information content (AvgIpc) is 3.16. The number of carbonyl (C=O) groups is 1. The molecule has 0 radical (unpaired) electrons. The van der Waals surface area contributed by atoms with Crippen LogP contribution in [0.1, 0.15) is 54.4 Å². The summed E-state index contributed by atoms with van der Waals surface area (Å²) < 4.78 is 0. The highest BCUT2D eigenvalue weighted by Crippen LogP contribution is 2.57. The first kappa shape index (κ1) is 13.7. The standard InChI is InChI=1S/C16H19ClO3/c1-9-10-4-2-3-5-11(10)14(17)15(20)13(9)16(6-7-16)8-12(18)19/h20H,2-8H2,1H3,(H,18,19). The fourth-order valence-electron chi connectivity index (χ4n) is 3.75. The lowest BCUT2D eigenvalue weighted by molar-refractivity contribution is -0.137. The van der Waals surface area contributed by atoms with E-state index < -0.39 is 11.4 Å². The molecule has 2 aliphatic rings. The number of fused-ring (bicyclic) bond motifs is 1. The SMILES string of the molecule is Cc1c2c(c(Cl)c(O)c1C1(CC(=O)O)CC1)CCCC2. The second-order valence-electron chi connectivity index (χ2n) is 6.18. The number of aromatic hydroxyl groups is 1. The minimum absolute atomic E-state index is 0.0799. The number of carboxylic acids is 1. The van der Waals surface area contributed by atoms with Gasteiger partial charge in [-0.2, -0.15) is 0 Å². The van der Waals surface area contributed by atoms with Crippen LogP contribution in [0.25, 0.3) is 0 Å². The number of carboxylic acid groups (broad SMARTS) is 1. The van der Waals surface area contributed by atoms with E-state index in [-0.39, 0.29) is 12.2 Å². The van der Waals surface area contributed by atoms with Gasteiger partial charge in [0.15, 0.2) is 0 Å². The maximum absolute atomic E-state index is 11.1. The van der Waals surface area contributed by atoms with Crippen molar-refractivity contribution in [3.05, 3.63) is 27.3 Å². The highest BCUT2D eigenvalue weighted by molar-refractivity contribution is 6.33. The van der Waals surface area contributed by atoms with Gasteiger partial charge in [-0.15, -0.1) is 0 Å².